The van der Waals surface area contributed by atoms with Gasteiger partial charge in [-0.25, -0.2) is 9.18 Å². The van der Waals surface area contributed by atoms with Crippen LogP contribution in [0.15, 0.2) is 70.0 Å². The number of thiocarbonyl (C=S) groups is 1. The zero-order valence-corrected chi connectivity index (χ0v) is 16.3. The van der Waals surface area contributed by atoms with Gasteiger partial charge in [0, 0.05) is 11.6 Å². The molecule has 0 unspecified atom stereocenters. The Kier molecular flexibility index (Phi) is 5.04. The minimum atomic E-state index is -1.09. The number of carboxylic acid groups (broad SMARTS) is 1. The molecule has 1 amide bonds. The highest BCUT2D eigenvalue weighted by Crippen LogP contribution is 2.37. The summed E-state index contributed by atoms with van der Waals surface area (Å²) in [5.74, 6) is -0.791. The zero-order chi connectivity index (χ0) is 20.5. The molecule has 4 rings (SSSR count). The van der Waals surface area contributed by atoms with Crippen molar-refractivity contribution in [1.82, 2.24) is 0 Å². The number of carboxylic acids is 1. The van der Waals surface area contributed by atoms with Crippen LogP contribution in [0.3, 0.4) is 0 Å². The van der Waals surface area contributed by atoms with Gasteiger partial charge in [-0.15, -0.1) is 0 Å². The molecular weight excluding hydrogens is 413 g/mol. The van der Waals surface area contributed by atoms with Crippen LogP contribution in [-0.2, 0) is 4.79 Å². The van der Waals surface area contributed by atoms with Crippen LogP contribution in [0.5, 0.6) is 0 Å². The standard InChI is InChI=1S/C21H12FNO4S2/c22-14-6-4-12(5-7-14)17-9-8-16(27-17)11-18-19(24)23(21(28)29-18)15-3-1-2-13(10-15)20(25)26/h1-11H,(H,25,26)/b18-11-. The maximum absolute atomic E-state index is 13.1. The normalized spacial score (nSPS) is 15.3. The van der Waals surface area contributed by atoms with E-state index in [4.69, 9.17) is 21.7 Å². The predicted molar refractivity (Wildman–Crippen MR) is 113 cm³/mol. The van der Waals surface area contributed by atoms with Crippen molar-refractivity contribution >= 4 is 51.9 Å². The van der Waals surface area contributed by atoms with Crippen LogP contribution in [0.1, 0.15) is 16.1 Å². The van der Waals surface area contributed by atoms with Gasteiger partial charge in [0.1, 0.15) is 17.3 Å². The van der Waals surface area contributed by atoms with Gasteiger partial charge in [0.15, 0.2) is 4.32 Å². The molecule has 2 heterocycles. The van der Waals surface area contributed by atoms with Crippen LogP contribution < -0.4 is 4.90 Å². The van der Waals surface area contributed by atoms with Gasteiger partial charge in [0.05, 0.1) is 16.2 Å². The molecule has 29 heavy (non-hydrogen) atoms. The van der Waals surface area contributed by atoms with Gasteiger partial charge in [-0.3, -0.25) is 9.69 Å². The van der Waals surface area contributed by atoms with E-state index in [2.05, 4.69) is 0 Å². The van der Waals surface area contributed by atoms with Crippen molar-refractivity contribution in [1.29, 1.82) is 0 Å². The predicted octanol–water partition coefficient (Wildman–Crippen LogP) is 5.19. The van der Waals surface area contributed by atoms with Crippen LogP contribution in [0.25, 0.3) is 17.4 Å². The first kappa shape index (κ1) is 19.1. The van der Waals surface area contributed by atoms with Crippen LogP contribution >= 0.6 is 24.0 Å². The number of hydrogen-bond donors (Lipinski definition) is 1. The van der Waals surface area contributed by atoms with Crippen molar-refractivity contribution in [3.05, 3.63) is 82.7 Å². The number of carbonyl (C=O) groups is 2. The van der Waals surface area contributed by atoms with E-state index >= 15 is 0 Å². The van der Waals surface area contributed by atoms with E-state index in [1.165, 1.54) is 29.2 Å². The Morgan fingerprint density at radius 3 is 2.62 bits per heavy atom. The molecule has 144 valence electrons. The molecule has 0 spiro atoms. The molecular formula is C21H12FNO4S2. The summed E-state index contributed by atoms with van der Waals surface area (Å²) in [6, 6.07) is 15.4. The molecule has 5 nitrogen and oxygen atoms in total. The van der Waals surface area contributed by atoms with Gasteiger partial charge < -0.3 is 9.52 Å². The van der Waals surface area contributed by atoms with Crippen LogP contribution in [0.4, 0.5) is 10.1 Å². The third-order valence-electron chi connectivity index (χ3n) is 4.17. The summed E-state index contributed by atoms with van der Waals surface area (Å²) >= 11 is 6.41. The lowest BCUT2D eigenvalue weighted by Gasteiger charge is -2.14. The number of aromatic carboxylic acids is 1. The van der Waals surface area contributed by atoms with E-state index in [9.17, 15) is 14.0 Å². The van der Waals surface area contributed by atoms with E-state index in [-0.39, 0.29) is 17.3 Å². The number of nitrogens with zero attached hydrogens (tertiary/aromatic N) is 1. The number of rotatable bonds is 4. The molecule has 3 aromatic rings. The fourth-order valence-electron chi connectivity index (χ4n) is 2.80. The number of anilines is 1. The Morgan fingerprint density at radius 1 is 1.14 bits per heavy atom. The van der Waals surface area contributed by atoms with Crippen molar-refractivity contribution in [3.63, 3.8) is 0 Å². The fraction of sp³-hybridized carbons (Fsp3) is 0. The molecule has 1 N–H and O–H groups in total. The first-order valence-corrected chi connectivity index (χ1v) is 9.62. The van der Waals surface area contributed by atoms with Crippen molar-refractivity contribution < 1.29 is 23.5 Å². The number of hydrogen-bond acceptors (Lipinski definition) is 5. The molecule has 0 saturated carbocycles. The minimum absolute atomic E-state index is 0.0653. The second-order valence-electron chi connectivity index (χ2n) is 6.08. The van der Waals surface area contributed by atoms with Crippen molar-refractivity contribution in [2.24, 2.45) is 0 Å². The third-order valence-corrected chi connectivity index (χ3v) is 5.48. The number of amides is 1. The lowest BCUT2D eigenvalue weighted by molar-refractivity contribution is -0.113. The molecule has 1 fully saturated rings. The number of benzene rings is 2. The molecule has 1 aliphatic heterocycles. The van der Waals surface area contributed by atoms with E-state index in [1.807, 2.05) is 0 Å². The Labute approximate surface area is 174 Å². The van der Waals surface area contributed by atoms with E-state index in [0.29, 0.717) is 32.0 Å². The van der Waals surface area contributed by atoms with Gasteiger partial charge in [0.25, 0.3) is 5.91 Å². The van der Waals surface area contributed by atoms with Gasteiger partial charge in [-0.2, -0.15) is 0 Å². The summed E-state index contributed by atoms with van der Waals surface area (Å²) in [5.41, 5.74) is 1.17. The lowest BCUT2D eigenvalue weighted by atomic mass is 10.2. The minimum Gasteiger partial charge on any atom is -0.478 e. The van der Waals surface area contributed by atoms with Crippen LogP contribution in [-0.4, -0.2) is 21.3 Å². The molecule has 1 aromatic heterocycles. The van der Waals surface area contributed by atoms with E-state index in [0.717, 1.165) is 11.8 Å². The van der Waals surface area contributed by atoms with Gasteiger partial charge in [0.2, 0.25) is 0 Å². The average molecular weight is 425 g/mol. The molecule has 2 aromatic carbocycles. The van der Waals surface area contributed by atoms with E-state index < -0.39 is 5.97 Å². The average Bonchev–Trinajstić information content (AvgIpc) is 3.27. The number of furan rings is 1. The number of halogens is 1. The highest BCUT2D eigenvalue weighted by atomic mass is 32.2. The molecule has 1 aliphatic rings. The summed E-state index contributed by atoms with van der Waals surface area (Å²) in [6.45, 7) is 0. The summed E-state index contributed by atoms with van der Waals surface area (Å²) in [6.07, 6.45) is 1.58. The molecule has 0 radical (unpaired) electrons. The molecule has 8 heteroatoms. The number of carbonyl (C=O) groups excluding carboxylic acids is 1. The SMILES string of the molecule is O=C(O)c1cccc(N2C(=O)/C(=C/c3ccc(-c4ccc(F)cc4)o3)SC2=S)c1. The largest absolute Gasteiger partial charge is 0.478 e. The quantitative estimate of drug-likeness (QED) is 0.458. The van der Waals surface area contributed by atoms with Crippen LogP contribution in [0.2, 0.25) is 0 Å². The summed E-state index contributed by atoms with van der Waals surface area (Å²) < 4.78 is 19.1. The molecule has 0 aliphatic carbocycles. The highest BCUT2D eigenvalue weighted by molar-refractivity contribution is 8.27. The second-order valence-corrected chi connectivity index (χ2v) is 7.76. The smallest absolute Gasteiger partial charge is 0.335 e. The zero-order valence-electron chi connectivity index (χ0n) is 14.7. The van der Waals surface area contributed by atoms with Gasteiger partial charge in [-0.1, -0.05) is 30.0 Å². The first-order valence-electron chi connectivity index (χ1n) is 8.39. The maximum Gasteiger partial charge on any atom is 0.335 e. The van der Waals surface area contributed by atoms with Crippen LogP contribution in [0, 0.1) is 5.82 Å². The Bertz CT molecular complexity index is 1170. The Balaban J connectivity index is 1.60. The number of thioether (sulfide) groups is 1. The van der Waals surface area contributed by atoms with Crippen molar-refractivity contribution in [3.8, 4) is 11.3 Å². The fourth-order valence-corrected chi connectivity index (χ4v) is 4.08. The third kappa shape index (κ3) is 3.85. The maximum atomic E-state index is 13.1. The molecule has 0 bridgehead atoms. The molecule has 0 atom stereocenters. The Hall–Kier alpha value is -3.23. The highest BCUT2D eigenvalue weighted by Gasteiger charge is 2.33. The second kappa shape index (κ2) is 7.65. The molecule has 1 saturated heterocycles. The first-order chi connectivity index (χ1) is 13.9. The monoisotopic (exact) mass is 425 g/mol. The van der Waals surface area contributed by atoms with Gasteiger partial charge in [-0.05, 0) is 54.6 Å². The topological polar surface area (TPSA) is 70.8 Å². The van der Waals surface area contributed by atoms with Crippen molar-refractivity contribution in [2.45, 2.75) is 0 Å². The van der Waals surface area contributed by atoms with Gasteiger partial charge >= 0.3 is 5.97 Å². The lowest BCUT2D eigenvalue weighted by Crippen LogP contribution is -2.27. The summed E-state index contributed by atoms with van der Waals surface area (Å²) in [5, 5.41) is 9.16. The summed E-state index contributed by atoms with van der Waals surface area (Å²) in [4.78, 5) is 25.7. The van der Waals surface area contributed by atoms with Crippen molar-refractivity contribution in [2.75, 3.05) is 4.90 Å². The Morgan fingerprint density at radius 2 is 1.90 bits per heavy atom. The summed E-state index contributed by atoms with van der Waals surface area (Å²) in [7, 11) is 0. The van der Waals surface area contributed by atoms with E-state index in [1.54, 1.807) is 42.5 Å².